The molecule has 0 radical (unpaired) electrons. The molecule has 0 aromatic heterocycles. The SMILES string of the molecule is CC(N)CC(=O)NCCCN(C)Cc1ccccc1. The lowest BCUT2D eigenvalue weighted by Crippen LogP contribution is -2.32. The second-order valence-electron chi connectivity index (χ2n) is 5.11. The standard InChI is InChI=1S/C15H25N3O/c1-13(16)11-15(19)17-9-6-10-18(2)12-14-7-4-3-5-8-14/h3-5,7-8,13H,6,9-12,16H2,1-2H3,(H,17,19). The van der Waals surface area contributed by atoms with Gasteiger partial charge in [-0.1, -0.05) is 30.3 Å². The summed E-state index contributed by atoms with van der Waals surface area (Å²) in [5.41, 5.74) is 6.87. The fourth-order valence-electron chi connectivity index (χ4n) is 1.92. The fourth-order valence-corrected chi connectivity index (χ4v) is 1.92. The van der Waals surface area contributed by atoms with Gasteiger partial charge in [-0.2, -0.15) is 0 Å². The van der Waals surface area contributed by atoms with Crippen LogP contribution in [0.25, 0.3) is 0 Å². The van der Waals surface area contributed by atoms with E-state index in [1.165, 1.54) is 5.56 Å². The Kier molecular flexibility index (Phi) is 7.15. The lowest BCUT2D eigenvalue weighted by molar-refractivity contribution is -0.121. The summed E-state index contributed by atoms with van der Waals surface area (Å²) in [7, 11) is 2.09. The topological polar surface area (TPSA) is 58.4 Å². The normalized spacial score (nSPS) is 12.4. The summed E-state index contributed by atoms with van der Waals surface area (Å²) in [6.45, 7) is 4.46. The van der Waals surface area contributed by atoms with Crippen LogP contribution >= 0.6 is 0 Å². The molecule has 0 aliphatic heterocycles. The van der Waals surface area contributed by atoms with E-state index in [0.717, 1.165) is 19.5 Å². The summed E-state index contributed by atoms with van der Waals surface area (Å²) in [6, 6.07) is 10.3. The maximum absolute atomic E-state index is 11.4. The number of rotatable bonds is 8. The number of benzene rings is 1. The fraction of sp³-hybridized carbons (Fsp3) is 0.533. The minimum absolute atomic E-state index is 0.0423. The van der Waals surface area contributed by atoms with Crippen molar-refractivity contribution >= 4 is 5.91 Å². The minimum atomic E-state index is -0.0687. The molecule has 1 rings (SSSR count). The Morgan fingerprint density at radius 3 is 2.68 bits per heavy atom. The van der Waals surface area contributed by atoms with Crippen LogP contribution in [-0.2, 0) is 11.3 Å². The summed E-state index contributed by atoms with van der Waals surface area (Å²) in [5.74, 6) is 0.0423. The molecule has 0 heterocycles. The van der Waals surface area contributed by atoms with Gasteiger partial charge in [-0.05, 0) is 32.5 Å². The molecule has 0 bridgehead atoms. The van der Waals surface area contributed by atoms with Crippen LogP contribution in [0, 0.1) is 0 Å². The molecular formula is C15H25N3O. The van der Waals surface area contributed by atoms with Crippen molar-refractivity contribution in [1.29, 1.82) is 0 Å². The van der Waals surface area contributed by atoms with Crippen LogP contribution in [0.15, 0.2) is 30.3 Å². The number of carbonyl (C=O) groups excluding carboxylic acids is 1. The highest BCUT2D eigenvalue weighted by molar-refractivity contribution is 5.76. The van der Waals surface area contributed by atoms with E-state index in [1.54, 1.807) is 0 Å². The third-order valence-electron chi connectivity index (χ3n) is 2.84. The Morgan fingerprint density at radius 1 is 1.37 bits per heavy atom. The van der Waals surface area contributed by atoms with E-state index in [2.05, 4.69) is 41.5 Å². The molecule has 1 aromatic rings. The first-order valence-electron chi connectivity index (χ1n) is 6.82. The van der Waals surface area contributed by atoms with Gasteiger partial charge < -0.3 is 16.0 Å². The largest absolute Gasteiger partial charge is 0.356 e. The molecule has 0 fully saturated rings. The van der Waals surface area contributed by atoms with E-state index in [0.29, 0.717) is 13.0 Å². The van der Waals surface area contributed by atoms with Crippen molar-refractivity contribution in [3.8, 4) is 0 Å². The molecular weight excluding hydrogens is 238 g/mol. The molecule has 3 N–H and O–H groups in total. The second kappa shape index (κ2) is 8.67. The predicted molar refractivity (Wildman–Crippen MR) is 78.7 cm³/mol. The monoisotopic (exact) mass is 263 g/mol. The summed E-state index contributed by atoms with van der Waals surface area (Å²) in [6.07, 6.45) is 1.36. The van der Waals surface area contributed by atoms with E-state index < -0.39 is 0 Å². The molecule has 4 heteroatoms. The first kappa shape index (κ1) is 15.7. The molecule has 1 unspecified atom stereocenters. The molecule has 0 saturated heterocycles. The lowest BCUT2D eigenvalue weighted by atomic mass is 10.2. The van der Waals surface area contributed by atoms with Crippen molar-refractivity contribution < 1.29 is 4.79 Å². The molecule has 0 aliphatic carbocycles. The van der Waals surface area contributed by atoms with Crippen LogP contribution < -0.4 is 11.1 Å². The van der Waals surface area contributed by atoms with E-state index in [1.807, 2.05) is 13.0 Å². The van der Waals surface area contributed by atoms with Crippen molar-refractivity contribution in [3.05, 3.63) is 35.9 Å². The Bertz CT molecular complexity index is 365. The van der Waals surface area contributed by atoms with Gasteiger partial charge in [-0.25, -0.2) is 0 Å². The van der Waals surface area contributed by atoms with Crippen LogP contribution in [-0.4, -0.2) is 37.0 Å². The summed E-state index contributed by atoms with van der Waals surface area (Å²) in [4.78, 5) is 13.6. The van der Waals surface area contributed by atoms with E-state index in [9.17, 15) is 4.79 Å². The van der Waals surface area contributed by atoms with Crippen molar-refractivity contribution in [2.45, 2.75) is 32.4 Å². The van der Waals surface area contributed by atoms with E-state index in [-0.39, 0.29) is 11.9 Å². The van der Waals surface area contributed by atoms with E-state index >= 15 is 0 Å². The second-order valence-corrected chi connectivity index (χ2v) is 5.11. The average molecular weight is 263 g/mol. The molecule has 1 aromatic carbocycles. The predicted octanol–water partition coefficient (Wildman–Crippen LogP) is 1.36. The molecule has 0 spiro atoms. The molecule has 19 heavy (non-hydrogen) atoms. The third-order valence-corrected chi connectivity index (χ3v) is 2.84. The van der Waals surface area contributed by atoms with Gasteiger partial charge in [0.25, 0.3) is 0 Å². The van der Waals surface area contributed by atoms with Gasteiger partial charge in [-0.15, -0.1) is 0 Å². The lowest BCUT2D eigenvalue weighted by Gasteiger charge is -2.16. The average Bonchev–Trinajstić information content (AvgIpc) is 2.35. The minimum Gasteiger partial charge on any atom is -0.356 e. The first-order valence-corrected chi connectivity index (χ1v) is 6.82. The number of carbonyl (C=O) groups is 1. The van der Waals surface area contributed by atoms with Crippen LogP contribution in [0.4, 0.5) is 0 Å². The summed E-state index contributed by atoms with van der Waals surface area (Å²) in [5, 5.41) is 2.89. The zero-order valence-electron chi connectivity index (χ0n) is 11.9. The highest BCUT2D eigenvalue weighted by Crippen LogP contribution is 2.02. The van der Waals surface area contributed by atoms with Crippen molar-refractivity contribution in [2.24, 2.45) is 5.73 Å². The smallest absolute Gasteiger partial charge is 0.221 e. The number of nitrogens with zero attached hydrogens (tertiary/aromatic N) is 1. The Hall–Kier alpha value is -1.39. The zero-order chi connectivity index (χ0) is 14.1. The highest BCUT2D eigenvalue weighted by atomic mass is 16.1. The van der Waals surface area contributed by atoms with Gasteiger partial charge in [0.15, 0.2) is 0 Å². The summed E-state index contributed by atoms with van der Waals surface area (Å²) < 4.78 is 0. The number of hydrogen-bond acceptors (Lipinski definition) is 3. The molecule has 1 amide bonds. The third kappa shape index (κ3) is 7.59. The van der Waals surface area contributed by atoms with Gasteiger partial charge in [-0.3, -0.25) is 4.79 Å². The van der Waals surface area contributed by atoms with Crippen molar-refractivity contribution in [1.82, 2.24) is 10.2 Å². The molecule has 0 aliphatic rings. The summed E-state index contributed by atoms with van der Waals surface area (Å²) >= 11 is 0. The van der Waals surface area contributed by atoms with Gasteiger partial charge >= 0.3 is 0 Å². The highest BCUT2D eigenvalue weighted by Gasteiger charge is 2.04. The zero-order valence-corrected chi connectivity index (χ0v) is 11.9. The van der Waals surface area contributed by atoms with E-state index in [4.69, 9.17) is 5.73 Å². The molecule has 106 valence electrons. The molecule has 0 saturated carbocycles. The molecule has 4 nitrogen and oxygen atoms in total. The number of nitrogens with two attached hydrogens (primary N) is 1. The maximum atomic E-state index is 11.4. The number of nitrogens with one attached hydrogen (secondary N) is 1. The molecule has 1 atom stereocenters. The Labute approximate surface area is 116 Å². The van der Waals surface area contributed by atoms with Crippen LogP contribution in [0.1, 0.15) is 25.3 Å². The van der Waals surface area contributed by atoms with Crippen molar-refractivity contribution in [2.75, 3.05) is 20.1 Å². The van der Waals surface area contributed by atoms with Crippen LogP contribution in [0.3, 0.4) is 0 Å². The van der Waals surface area contributed by atoms with Gasteiger partial charge in [0.05, 0.1) is 0 Å². The first-order chi connectivity index (χ1) is 9.08. The van der Waals surface area contributed by atoms with Crippen LogP contribution in [0.5, 0.6) is 0 Å². The quantitative estimate of drug-likeness (QED) is 0.696. The Balaban J connectivity index is 2.11. The van der Waals surface area contributed by atoms with Gasteiger partial charge in [0.1, 0.15) is 0 Å². The maximum Gasteiger partial charge on any atom is 0.221 e. The van der Waals surface area contributed by atoms with Crippen LogP contribution in [0.2, 0.25) is 0 Å². The van der Waals surface area contributed by atoms with Gasteiger partial charge in [0.2, 0.25) is 5.91 Å². The number of hydrogen-bond donors (Lipinski definition) is 2. The van der Waals surface area contributed by atoms with Crippen molar-refractivity contribution in [3.63, 3.8) is 0 Å². The Morgan fingerprint density at radius 2 is 2.05 bits per heavy atom. The number of amides is 1. The van der Waals surface area contributed by atoms with Gasteiger partial charge in [0, 0.05) is 25.6 Å².